The fourth-order valence-corrected chi connectivity index (χ4v) is 1.51. The molecule has 2 rings (SSSR count). The normalized spacial score (nSPS) is 10.7. The number of halogens is 1. The Morgan fingerprint density at radius 1 is 1.00 bits per heavy atom. The molecule has 90 valence electrons. The van der Waals surface area contributed by atoms with Gasteiger partial charge in [-0.05, 0) is 35.4 Å². The molecular formula is C14H10FNO2. The van der Waals surface area contributed by atoms with Crippen LogP contribution in [0.4, 0.5) is 10.1 Å². The van der Waals surface area contributed by atoms with E-state index in [0.717, 1.165) is 11.1 Å². The molecule has 0 saturated heterocycles. The van der Waals surface area contributed by atoms with Gasteiger partial charge in [0.2, 0.25) is 0 Å². The van der Waals surface area contributed by atoms with E-state index in [1.165, 1.54) is 24.3 Å². The van der Waals surface area contributed by atoms with Crippen molar-refractivity contribution in [2.24, 2.45) is 0 Å². The van der Waals surface area contributed by atoms with Gasteiger partial charge in [0.25, 0.3) is 5.69 Å². The second kappa shape index (κ2) is 5.23. The number of hydrogen-bond acceptors (Lipinski definition) is 2. The zero-order chi connectivity index (χ0) is 13.0. The predicted molar refractivity (Wildman–Crippen MR) is 68.4 cm³/mol. The lowest BCUT2D eigenvalue weighted by Crippen LogP contribution is -1.86. The van der Waals surface area contributed by atoms with Crippen molar-refractivity contribution in [3.8, 4) is 0 Å². The SMILES string of the molecule is O=[N+]([O-])c1ccc(/C=C/c2cccc(F)c2)cc1. The highest BCUT2D eigenvalue weighted by atomic mass is 19.1. The molecule has 18 heavy (non-hydrogen) atoms. The molecular weight excluding hydrogens is 233 g/mol. The molecule has 2 aromatic carbocycles. The maximum absolute atomic E-state index is 12.9. The van der Waals surface area contributed by atoms with Crippen LogP contribution >= 0.6 is 0 Å². The molecule has 3 nitrogen and oxygen atoms in total. The second-order valence-corrected chi connectivity index (χ2v) is 3.74. The van der Waals surface area contributed by atoms with Crippen molar-refractivity contribution in [2.45, 2.75) is 0 Å². The van der Waals surface area contributed by atoms with Crippen LogP contribution in [-0.4, -0.2) is 4.92 Å². The molecule has 0 amide bonds. The van der Waals surface area contributed by atoms with Crippen molar-refractivity contribution in [1.29, 1.82) is 0 Å². The molecule has 0 bridgehead atoms. The molecule has 4 heteroatoms. The summed E-state index contributed by atoms with van der Waals surface area (Å²) in [7, 11) is 0. The number of nitrogens with zero attached hydrogens (tertiary/aromatic N) is 1. The fourth-order valence-electron chi connectivity index (χ4n) is 1.51. The van der Waals surface area contributed by atoms with E-state index in [0.29, 0.717) is 0 Å². The molecule has 0 aliphatic carbocycles. The lowest BCUT2D eigenvalue weighted by molar-refractivity contribution is -0.384. The summed E-state index contributed by atoms with van der Waals surface area (Å²) in [6.07, 6.45) is 3.53. The molecule has 0 unspecified atom stereocenters. The molecule has 0 radical (unpaired) electrons. The monoisotopic (exact) mass is 243 g/mol. The van der Waals surface area contributed by atoms with Gasteiger partial charge in [0, 0.05) is 12.1 Å². The average molecular weight is 243 g/mol. The maximum atomic E-state index is 12.9. The van der Waals surface area contributed by atoms with E-state index in [1.807, 2.05) is 0 Å². The zero-order valence-electron chi connectivity index (χ0n) is 9.42. The van der Waals surface area contributed by atoms with Gasteiger partial charge in [-0.3, -0.25) is 10.1 Å². The van der Waals surface area contributed by atoms with Gasteiger partial charge in [-0.2, -0.15) is 0 Å². The Labute approximate surface area is 103 Å². The minimum absolute atomic E-state index is 0.0536. The topological polar surface area (TPSA) is 43.1 Å². The van der Waals surface area contributed by atoms with Crippen LogP contribution in [0, 0.1) is 15.9 Å². The van der Waals surface area contributed by atoms with E-state index >= 15 is 0 Å². The Hall–Kier alpha value is -2.49. The molecule has 2 aromatic rings. The summed E-state index contributed by atoms with van der Waals surface area (Å²) in [5, 5.41) is 10.5. The Morgan fingerprint density at radius 3 is 2.28 bits per heavy atom. The molecule has 0 saturated carbocycles. The van der Waals surface area contributed by atoms with Crippen LogP contribution in [0.3, 0.4) is 0 Å². The summed E-state index contributed by atoms with van der Waals surface area (Å²) in [4.78, 5) is 10.0. The van der Waals surface area contributed by atoms with Crippen molar-refractivity contribution < 1.29 is 9.31 Å². The van der Waals surface area contributed by atoms with Crippen LogP contribution in [0.5, 0.6) is 0 Å². The highest BCUT2D eigenvalue weighted by Crippen LogP contribution is 2.14. The van der Waals surface area contributed by atoms with Gasteiger partial charge in [0.05, 0.1) is 4.92 Å². The second-order valence-electron chi connectivity index (χ2n) is 3.74. The molecule has 0 spiro atoms. The van der Waals surface area contributed by atoms with Gasteiger partial charge in [0.15, 0.2) is 0 Å². The number of hydrogen-bond donors (Lipinski definition) is 0. The van der Waals surface area contributed by atoms with Crippen LogP contribution in [0.15, 0.2) is 48.5 Å². The summed E-state index contributed by atoms with van der Waals surface area (Å²) in [5.74, 6) is -0.291. The summed E-state index contributed by atoms with van der Waals surface area (Å²) >= 11 is 0. The Kier molecular flexibility index (Phi) is 3.48. The van der Waals surface area contributed by atoms with Crippen molar-refractivity contribution in [1.82, 2.24) is 0 Å². The summed E-state index contributed by atoms with van der Waals surface area (Å²) in [6, 6.07) is 12.4. The van der Waals surface area contributed by atoms with Gasteiger partial charge in [-0.25, -0.2) is 4.39 Å². The van der Waals surface area contributed by atoms with Crippen LogP contribution in [-0.2, 0) is 0 Å². The van der Waals surface area contributed by atoms with E-state index in [9.17, 15) is 14.5 Å². The lowest BCUT2D eigenvalue weighted by atomic mass is 10.1. The lowest BCUT2D eigenvalue weighted by Gasteiger charge is -1.95. The molecule has 0 N–H and O–H groups in total. The van der Waals surface area contributed by atoms with Crippen molar-refractivity contribution in [3.05, 3.63) is 75.6 Å². The van der Waals surface area contributed by atoms with Gasteiger partial charge < -0.3 is 0 Å². The van der Waals surface area contributed by atoms with Crippen LogP contribution in [0.1, 0.15) is 11.1 Å². The molecule has 0 aromatic heterocycles. The Bertz CT molecular complexity index is 591. The standard InChI is InChI=1S/C14H10FNO2/c15-13-3-1-2-12(10-13)5-4-11-6-8-14(9-7-11)16(17)18/h1-10H/b5-4+. The number of non-ortho nitro benzene ring substituents is 1. The minimum atomic E-state index is -0.444. The number of benzene rings is 2. The summed E-state index contributed by atoms with van der Waals surface area (Å²) in [5.41, 5.74) is 1.62. The smallest absolute Gasteiger partial charge is 0.258 e. The Balaban J connectivity index is 2.16. The highest BCUT2D eigenvalue weighted by molar-refractivity contribution is 5.69. The molecule has 0 fully saturated rings. The Morgan fingerprint density at radius 2 is 1.67 bits per heavy atom. The van der Waals surface area contributed by atoms with Gasteiger partial charge >= 0.3 is 0 Å². The van der Waals surface area contributed by atoms with E-state index < -0.39 is 4.92 Å². The van der Waals surface area contributed by atoms with E-state index in [2.05, 4.69) is 0 Å². The van der Waals surface area contributed by atoms with E-state index in [-0.39, 0.29) is 11.5 Å². The van der Waals surface area contributed by atoms with Crippen molar-refractivity contribution in [2.75, 3.05) is 0 Å². The van der Waals surface area contributed by atoms with Gasteiger partial charge in [0.1, 0.15) is 5.82 Å². The zero-order valence-corrected chi connectivity index (χ0v) is 9.42. The molecule has 0 aliphatic heterocycles. The third-order valence-electron chi connectivity index (χ3n) is 2.42. The van der Waals surface area contributed by atoms with Crippen molar-refractivity contribution >= 4 is 17.8 Å². The number of rotatable bonds is 3. The molecule has 0 aliphatic rings. The first-order chi connectivity index (χ1) is 8.65. The van der Waals surface area contributed by atoms with E-state index in [1.54, 1.807) is 36.4 Å². The first kappa shape index (κ1) is 12.0. The maximum Gasteiger partial charge on any atom is 0.269 e. The summed E-state index contributed by atoms with van der Waals surface area (Å²) < 4.78 is 12.9. The summed E-state index contributed by atoms with van der Waals surface area (Å²) in [6.45, 7) is 0. The van der Waals surface area contributed by atoms with E-state index in [4.69, 9.17) is 0 Å². The average Bonchev–Trinajstić information content (AvgIpc) is 2.37. The highest BCUT2D eigenvalue weighted by Gasteiger charge is 2.02. The third-order valence-corrected chi connectivity index (χ3v) is 2.42. The predicted octanol–water partition coefficient (Wildman–Crippen LogP) is 3.90. The van der Waals surface area contributed by atoms with Crippen LogP contribution in [0.2, 0.25) is 0 Å². The van der Waals surface area contributed by atoms with Gasteiger partial charge in [-0.1, -0.05) is 24.3 Å². The van der Waals surface area contributed by atoms with Crippen molar-refractivity contribution in [3.63, 3.8) is 0 Å². The largest absolute Gasteiger partial charge is 0.269 e. The van der Waals surface area contributed by atoms with Crippen LogP contribution < -0.4 is 0 Å². The fraction of sp³-hybridized carbons (Fsp3) is 0. The molecule has 0 atom stereocenters. The number of nitro groups is 1. The first-order valence-electron chi connectivity index (χ1n) is 5.33. The molecule has 0 heterocycles. The quantitative estimate of drug-likeness (QED) is 0.466. The minimum Gasteiger partial charge on any atom is -0.258 e. The third kappa shape index (κ3) is 3.01. The van der Waals surface area contributed by atoms with Crippen LogP contribution in [0.25, 0.3) is 12.2 Å². The number of nitro benzene ring substituents is 1. The first-order valence-corrected chi connectivity index (χ1v) is 5.33. The van der Waals surface area contributed by atoms with Gasteiger partial charge in [-0.15, -0.1) is 0 Å².